The van der Waals surface area contributed by atoms with Gasteiger partial charge in [-0.05, 0) is 18.6 Å². The number of hydrogen-bond donors (Lipinski definition) is 0. The van der Waals surface area contributed by atoms with E-state index in [-0.39, 0.29) is 6.10 Å². The fourth-order valence-electron chi connectivity index (χ4n) is 1.33. The first-order valence-electron chi connectivity index (χ1n) is 3.65. The number of aromatic nitrogens is 1. The molecule has 2 nitrogen and oxygen atoms in total. The van der Waals surface area contributed by atoms with Gasteiger partial charge in [-0.1, -0.05) is 23.2 Å². The first kappa shape index (κ1) is 8.30. The highest BCUT2D eigenvalue weighted by atomic mass is 35.5. The van der Waals surface area contributed by atoms with Crippen LogP contribution in [0.25, 0.3) is 0 Å². The first-order chi connectivity index (χ1) is 5.68. The third-order valence-corrected chi connectivity index (χ3v) is 2.50. The van der Waals surface area contributed by atoms with Crippen molar-refractivity contribution in [2.45, 2.75) is 19.6 Å². The van der Waals surface area contributed by atoms with Gasteiger partial charge in [-0.2, -0.15) is 0 Å². The molecule has 0 bridgehead atoms. The third-order valence-electron chi connectivity index (χ3n) is 1.99. The van der Waals surface area contributed by atoms with Crippen LogP contribution in [0.4, 0.5) is 0 Å². The summed E-state index contributed by atoms with van der Waals surface area (Å²) in [4.78, 5) is 3.93. The van der Waals surface area contributed by atoms with Gasteiger partial charge in [0.2, 0.25) is 0 Å². The van der Waals surface area contributed by atoms with Crippen LogP contribution in [-0.4, -0.2) is 4.98 Å². The SMILES string of the molecule is CC1OCc2c1cc(Cl)nc2Cl. The monoisotopic (exact) mass is 203 g/mol. The molecule has 0 saturated carbocycles. The Labute approximate surface area is 80.5 Å². The predicted molar refractivity (Wildman–Crippen MR) is 47.5 cm³/mol. The van der Waals surface area contributed by atoms with Gasteiger partial charge in [-0.3, -0.25) is 0 Å². The Kier molecular flexibility index (Phi) is 1.99. The van der Waals surface area contributed by atoms with Crippen LogP contribution in [0, 0.1) is 0 Å². The number of halogens is 2. The Bertz CT molecular complexity index is 327. The second-order valence-corrected chi connectivity index (χ2v) is 3.50. The van der Waals surface area contributed by atoms with Gasteiger partial charge in [0.15, 0.2) is 0 Å². The largest absolute Gasteiger partial charge is 0.369 e. The van der Waals surface area contributed by atoms with Crippen LogP contribution in [-0.2, 0) is 11.3 Å². The van der Waals surface area contributed by atoms with E-state index in [1.54, 1.807) is 6.07 Å². The number of nitrogens with zero attached hydrogens (tertiary/aromatic N) is 1. The molecule has 64 valence electrons. The van der Waals surface area contributed by atoms with Crippen LogP contribution in [0.1, 0.15) is 24.2 Å². The quantitative estimate of drug-likeness (QED) is 0.606. The summed E-state index contributed by atoms with van der Waals surface area (Å²) >= 11 is 11.6. The Morgan fingerprint density at radius 1 is 1.58 bits per heavy atom. The number of hydrogen-bond acceptors (Lipinski definition) is 2. The second-order valence-electron chi connectivity index (χ2n) is 2.76. The Morgan fingerprint density at radius 3 is 3.08 bits per heavy atom. The maximum Gasteiger partial charge on any atom is 0.136 e. The van der Waals surface area contributed by atoms with Crippen LogP contribution in [0.15, 0.2) is 6.07 Å². The zero-order valence-corrected chi connectivity index (χ0v) is 7.99. The molecule has 1 aromatic heterocycles. The van der Waals surface area contributed by atoms with Crippen molar-refractivity contribution in [1.82, 2.24) is 4.98 Å². The summed E-state index contributed by atoms with van der Waals surface area (Å²) in [5.41, 5.74) is 2.02. The molecule has 2 rings (SSSR count). The second kappa shape index (κ2) is 2.87. The number of rotatable bonds is 0. The van der Waals surface area contributed by atoms with Crippen LogP contribution in [0.2, 0.25) is 10.3 Å². The van der Waals surface area contributed by atoms with Gasteiger partial charge in [-0.15, -0.1) is 0 Å². The Morgan fingerprint density at radius 2 is 2.33 bits per heavy atom. The lowest BCUT2D eigenvalue weighted by Crippen LogP contribution is -1.90. The van der Waals surface area contributed by atoms with Gasteiger partial charge in [0, 0.05) is 5.56 Å². The van der Waals surface area contributed by atoms with Crippen molar-refractivity contribution in [2.75, 3.05) is 0 Å². The first-order valence-corrected chi connectivity index (χ1v) is 4.40. The molecule has 1 aromatic rings. The third kappa shape index (κ3) is 1.20. The summed E-state index contributed by atoms with van der Waals surface area (Å²) in [6.45, 7) is 2.51. The minimum atomic E-state index is 0.0815. The molecule has 1 unspecified atom stereocenters. The van der Waals surface area contributed by atoms with Crippen LogP contribution >= 0.6 is 23.2 Å². The normalized spacial score (nSPS) is 21.1. The maximum absolute atomic E-state index is 5.86. The highest BCUT2D eigenvalue weighted by Gasteiger charge is 2.22. The molecular formula is C8H7Cl2NO. The summed E-state index contributed by atoms with van der Waals surface area (Å²) in [5.74, 6) is 0. The van der Waals surface area contributed by atoms with E-state index >= 15 is 0 Å². The van der Waals surface area contributed by atoms with Gasteiger partial charge in [0.25, 0.3) is 0 Å². The molecule has 12 heavy (non-hydrogen) atoms. The molecule has 0 aromatic carbocycles. The predicted octanol–water partition coefficient (Wildman–Crippen LogP) is 2.98. The van der Waals surface area contributed by atoms with E-state index in [1.165, 1.54) is 0 Å². The zero-order valence-electron chi connectivity index (χ0n) is 6.47. The van der Waals surface area contributed by atoms with Gasteiger partial charge in [0.05, 0.1) is 12.7 Å². The smallest absolute Gasteiger partial charge is 0.136 e. The topological polar surface area (TPSA) is 22.1 Å². The number of pyridine rings is 1. The zero-order chi connectivity index (χ0) is 8.72. The molecule has 1 aliphatic heterocycles. The van der Waals surface area contributed by atoms with Crippen molar-refractivity contribution >= 4 is 23.2 Å². The standard InChI is InChI=1S/C8H7Cl2NO/c1-4-5-2-7(9)11-8(10)6(5)3-12-4/h2,4H,3H2,1H3. The lowest BCUT2D eigenvalue weighted by Gasteiger charge is -2.03. The van der Waals surface area contributed by atoms with Crippen molar-refractivity contribution in [3.05, 3.63) is 27.5 Å². The molecule has 0 spiro atoms. The Hall–Kier alpha value is -0.310. The molecule has 0 aliphatic carbocycles. The minimum Gasteiger partial charge on any atom is -0.369 e. The molecule has 2 heterocycles. The summed E-state index contributed by atoms with van der Waals surface area (Å²) in [7, 11) is 0. The molecule has 0 radical (unpaired) electrons. The van der Waals surface area contributed by atoms with Gasteiger partial charge in [-0.25, -0.2) is 4.98 Å². The summed E-state index contributed by atoms with van der Waals surface area (Å²) < 4.78 is 5.38. The van der Waals surface area contributed by atoms with Gasteiger partial charge >= 0.3 is 0 Å². The molecule has 0 saturated heterocycles. The average Bonchev–Trinajstić information content (AvgIpc) is 2.33. The highest BCUT2D eigenvalue weighted by molar-refractivity contribution is 6.33. The van der Waals surface area contributed by atoms with E-state index in [9.17, 15) is 0 Å². The summed E-state index contributed by atoms with van der Waals surface area (Å²) in [6, 6.07) is 1.81. The lowest BCUT2D eigenvalue weighted by atomic mass is 10.1. The van der Waals surface area contributed by atoms with Crippen LogP contribution < -0.4 is 0 Å². The van der Waals surface area contributed by atoms with Crippen LogP contribution in [0.5, 0.6) is 0 Å². The van der Waals surface area contributed by atoms with Crippen molar-refractivity contribution < 1.29 is 4.74 Å². The van der Waals surface area contributed by atoms with E-state index in [1.807, 2.05) is 6.92 Å². The number of fused-ring (bicyclic) bond motifs is 1. The maximum atomic E-state index is 5.86. The van der Waals surface area contributed by atoms with Gasteiger partial charge in [0.1, 0.15) is 10.3 Å². The summed E-state index contributed by atoms with van der Waals surface area (Å²) in [5, 5.41) is 0.887. The van der Waals surface area contributed by atoms with Crippen molar-refractivity contribution in [3.8, 4) is 0 Å². The van der Waals surface area contributed by atoms with E-state index in [4.69, 9.17) is 27.9 Å². The molecule has 0 N–H and O–H groups in total. The van der Waals surface area contributed by atoms with E-state index in [2.05, 4.69) is 4.98 Å². The van der Waals surface area contributed by atoms with E-state index in [0.717, 1.165) is 11.1 Å². The van der Waals surface area contributed by atoms with Crippen molar-refractivity contribution in [1.29, 1.82) is 0 Å². The molecule has 4 heteroatoms. The van der Waals surface area contributed by atoms with Crippen molar-refractivity contribution in [2.24, 2.45) is 0 Å². The number of ether oxygens (including phenoxy) is 1. The fraction of sp³-hybridized carbons (Fsp3) is 0.375. The lowest BCUT2D eigenvalue weighted by molar-refractivity contribution is 0.0796. The highest BCUT2D eigenvalue weighted by Crippen LogP contribution is 2.35. The van der Waals surface area contributed by atoms with Gasteiger partial charge < -0.3 is 4.74 Å². The van der Waals surface area contributed by atoms with Crippen LogP contribution in [0.3, 0.4) is 0 Å². The Balaban J connectivity index is 2.60. The van der Waals surface area contributed by atoms with E-state index < -0.39 is 0 Å². The molecular weight excluding hydrogens is 197 g/mol. The molecule has 0 amide bonds. The minimum absolute atomic E-state index is 0.0815. The summed E-state index contributed by atoms with van der Waals surface area (Å²) in [6.07, 6.45) is 0.0815. The van der Waals surface area contributed by atoms with E-state index in [0.29, 0.717) is 16.9 Å². The average molecular weight is 204 g/mol. The molecule has 1 aliphatic rings. The molecule has 0 fully saturated rings. The molecule has 1 atom stereocenters. The fourth-order valence-corrected chi connectivity index (χ4v) is 1.83. The van der Waals surface area contributed by atoms with Crippen molar-refractivity contribution in [3.63, 3.8) is 0 Å².